The van der Waals surface area contributed by atoms with E-state index >= 15 is 0 Å². The minimum Gasteiger partial charge on any atom is -0.460 e. The van der Waals surface area contributed by atoms with E-state index in [0.29, 0.717) is 6.01 Å². The highest BCUT2D eigenvalue weighted by Gasteiger charge is 2.29. The molecule has 1 aliphatic rings. The lowest BCUT2D eigenvalue weighted by Gasteiger charge is -2.11. The summed E-state index contributed by atoms with van der Waals surface area (Å²) in [6.07, 6.45) is 6.40. The number of rotatable bonds is 3. The Hall–Kier alpha value is -1.12. The minimum atomic E-state index is 0.266. The van der Waals surface area contributed by atoms with Crippen molar-refractivity contribution in [3.63, 3.8) is 0 Å². The topological polar surface area (TPSA) is 35.0 Å². The molecule has 2 rings (SSSR count). The van der Waals surface area contributed by atoms with Gasteiger partial charge in [0, 0.05) is 12.4 Å². The molecule has 1 heterocycles. The smallest absolute Gasteiger partial charge is 0.316 e. The summed E-state index contributed by atoms with van der Waals surface area (Å²) in [6, 6.07) is 0.505. The number of ether oxygens (including phenoxy) is 1. The van der Waals surface area contributed by atoms with E-state index in [4.69, 9.17) is 4.74 Å². The monoisotopic (exact) mass is 208 g/mol. The lowest BCUT2D eigenvalue weighted by molar-refractivity contribution is 0.181. The number of hydrogen-bond acceptors (Lipinski definition) is 3. The van der Waals surface area contributed by atoms with E-state index in [2.05, 4.69) is 16.9 Å². The van der Waals surface area contributed by atoms with Gasteiger partial charge in [0.1, 0.15) is 6.10 Å². The normalized spacial score (nSPS) is 16.3. The third kappa shape index (κ3) is 3.86. The van der Waals surface area contributed by atoms with Crippen molar-refractivity contribution in [1.29, 1.82) is 0 Å². The summed E-state index contributed by atoms with van der Waals surface area (Å²) >= 11 is 0. The van der Waals surface area contributed by atoms with Gasteiger partial charge in [0.25, 0.3) is 0 Å². The summed E-state index contributed by atoms with van der Waals surface area (Å²) in [5.41, 5.74) is 1.06. The van der Waals surface area contributed by atoms with Gasteiger partial charge < -0.3 is 4.74 Å². The van der Waals surface area contributed by atoms with Crippen LogP contribution in [0.2, 0.25) is 0 Å². The average molecular weight is 208 g/mol. The van der Waals surface area contributed by atoms with Crippen LogP contribution < -0.4 is 4.74 Å². The molecule has 1 fully saturated rings. The molecule has 0 amide bonds. The Balaban J connectivity index is 0.000000531. The second kappa shape index (κ2) is 5.69. The van der Waals surface area contributed by atoms with Gasteiger partial charge in [-0.25, -0.2) is 9.97 Å². The van der Waals surface area contributed by atoms with Crippen molar-refractivity contribution in [2.75, 3.05) is 0 Å². The third-order valence-corrected chi connectivity index (χ3v) is 2.33. The number of hydrogen-bond donors (Lipinski definition) is 0. The number of aromatic nitrogens is 2. The lowest BCUT2D eigenvalue weighted by atomic mass is 10.3. The second-order valence-corrected chi connectivity index (χ2v) is 3.70. The van der Waals surface area contributed by atoms with Crippen LogP contribution in [0.25, 0.3) is 0 Å². The Kier molecular flexibility index (Phi) is 4.53. The summed E-state index contributed by atoms with van der Waals surface area (Å²) in [4.78, 5) is 8.19. The third-order valence-electron chi connectivity index (χ3n) is 2.33. The van der Waals surface area contributed by atoms with Gasteiger partial charge >= 0.3 is 6.01 Å². The first kappa shape index (κ1) is 12.0. The predicted molar refractivity (Wildman–Crippen MR) is 60.9 cm³/mol. The van der Waals surface area contributed by atoms with E-state index in [0.717, 1.165) is 11.5 Å². The van der Waals surface area contributed by atoms with E-state index in [1.807, 2.05) is 20.8 Å². The molecule has 1 aromatic heterocycles. The second-order valence-electron chi connectivity index (χ2n) is 3.70. The summed E-state index contributed by atoms with van der Waals surface area (Å²) in [5, 5.41) is 0. The molecular formula is C12H20N2O. The van der Waals surface area contributed by atoms with Crippen LogP contribution in [0.1, 0.15) is 39.2 Å². The van der Waals surface area contributed by atoms with Gasteiger partial charge in [-0.2, -0.15) is 0 Å². The molecule has 1 saturated carbocycles. The summed E-state index contributed by atoms with van der Waals surface area (Å²) in [6.45, 7) is 8.05. The maximum absolute atomic E-state index is 5.57. The SMILES string of the molecule is CC.Cc1cnc(OC(C)C2CC2)nc1. The van der Waals surface area contributed by atoms with Crippen molar-refractivity contribution < 1.29 is 4.74 Å². The van der Waals surface area contributed by atoms with Crippen molar-refractivity contribution in [3.8, 4) is 6.01 Å². The zero-order chi connectivity index (χ0) is 11.3. The van der Waals surface area contributed by atoms with Crippen molar-refractivity contribution >= 4 is 0 Å². The minimum absolute atomic E-state index is 0.266. The van der Waals surface area contributed by atoms with Crippen LogP contribution >= 0.6 is 0 Å². The number of aryl methyl sites for hydroxylation is 1. The first-order chi connectivity index (χ1) is 7.25. The highest BCUT2D eigenvalue weighted by Crippen LogP contribution is 2.33. The fraction of sp³-hybridized carbons (Fsp3) is 0.667. The Labute approximate surface area is 91.9 Å². The van der Waals surface area contributed by atoms with Crippen molar-refractivity contribution in [1.82, 2.24) is 9.97 Å². The molecule has 0 bridgehead atoms. The Morgan fingerprint density at radius 3 is 2.27 bits per heavy atom. The van der Waals surface area contributed by atoms with Crippen molar-refractivity contribution in [2.45, 2.75) is 46.6 Å². The highest BCUT2D eigenvalue weighted by atomic mass is 16.5. The molecule has 0 spiro atoms. The van der Waals surface area contributed by atoms with E-state index in [-0.39, 0.29) is 6.10 Å². The highest BCUT2D eigenvalue weighted by molar-refractivity contribution is 5.05. The molecule has 0 aromatic carbocycles. The van der Waals surface area contributed by atoms with Gasteiger partial charge in [-0.1, -0.05) is 13.8 Å². The fourth-order valence-electron chi connectivity index (χ4n) is 1.27. The first-order valence-corrected chi connectivity index (χ1v) is 5.71. The predicted octanol–water partition coefficient (Wildman–Crippen LogP) is 2.99. The number of nitrogens with zero attached hydrogens (tertiary/aromatic N) is 2. The van der Waals surface area contributed by atoms with Gasteiger partial charge in [-0.3, -0.25) is 0 Å². The maximum Gasteiger partial charge on any atom is 0.316 e. The Morgan fingerprint density at radius 2 is 1.80 bits per heavy atom. The molecule has 3 heteroatoms. The lowest BCUT2D eigenvalue weighted by Crippen LogP contribution is -2.15. The van der Waals surface area contributed by atoms with Crippen LogP contribution in [0.3, 0.4) is 0 Å². The van der Waals surface area contributed by atoms with Crippen LogP contribution in [-0.2, 0) is 0 Å². The molecule has 15 heavy (non-hydrogen) atoms. The van der Waals surface area contributed by atoms with E-state index in [9.17, 15) is 0 Å². The average Bonchev–Trinajstić information content (AvgIpc) is 3.08. The van der Waals surface area contributed by atoms with Gasteiger partial charge in [0.05, 0.1) is 0 Å². The van der Waals surface area contributed by atoms with Crippen molar-refractivity contribution in [3.05, 3.63) is 18.0 Å². The standard InChI is InChI=1S/C10H14N2O.C2H6/c1-7-5-11-10(12-6-7)13-8(2)9-3-4-9;1-2/h5-6,8-9H,3-4H2,1-2H3;1-2H3. The molecule has 3 nitrogen and oxygen atoms in total. The molecule has 84 valence electrons. The first-order valence-electron chi connectivity index (χ1n) is 5.71. The van der Waals surface area contributed by atoms with Gasteiger partial charge in [-0.05, 0) is 38.2 Å². The summed E-state index contributed by atoms with van der Waals surface area (Å²) < 4.78 is 5.57. The van der Waals surface area contributed by atoms with Gasteiger partial charge in [0.15, 0.2) is 0 Å². The molecule has 0 radical (unpaired) electrons. The van der Waals surface area contributed by atoms with Gasteiger partial charge in [0.2, 0.25) is 0 Å². The van der Waals surface area contributed by atoms with Crippen molar-refractivity contribution in [2.24, 2.45) is 5.92 Å². The molecule has 1 atom stereocenters. The fourth-order valence-corrected chi connectivity index (χ4v) is 1.27. The van der Waals surface area contributed by atoms with Crippen LogP contribution in [0.5, 0.6) is 6.01 Å². The van der Waals surface area contributed by atoms with Crippen LogP contribution in [0, 0.1) is 12.8 Å². The Bertz CT molecular complexity index is 280. The zero-order valence-electron chi connectivity index (χ0n) is 10.0. The molecule has 1 aromatic rings. The quantitative estimate of drug-likeness (QED) is 0.766. The maximum atomic E-state index is 5.57. The van der Waals surface area contributed by atoms with E-state index in [1.54, 1.807) is 12.4 Å². The van der Waals surface area contributed by atoms with Crippen LogP contribution in [-0.4, -0.2) is 16.1 Å². The zero-order valence-corrected chi connectivity index (χ0v) is 10.0. The molecule has 0 N–H and O–H groups in total. The van der Waals surface area contributed by atoms with E-state index < -0.39 is 0 Å². The largest absolute Gasteiger partial charge is 0.460 e. The Morgan fingerprint density at radius 1 is 1.27 bits per heavy atom. The molecule has 1 unspecified atom stereocenters. The van der Waals surface area contributed by atoms with Gasteiger partial charge in [-0.15, -0.1) is 0 Å². The molecule has 0 aliphatic heterocycles. The van der Waals surface area contributed by atoms with Crippen LogP contribution in [0.4, 0.5) is 0 Å². The molecular weight excluding hydrogens is 188 g/mol. The van der Waals surface area contributed by atoms with Crippen LogP contribution in [0.15, 0.2) is 12.4 Å². The summed E-state index contributed by atoms with van der Waals surface area (Å²) in [5.74, 6) is 0.727. The van der Waals surface area contributed by atoms with E-state index in [1.165, 1.54) is 12.8 Å². The summed E-state index contributed by atoms with van der Waals surface area (Å²) in [7, 11) is 0. The molecule has 1 aliphatic carbocycles. The molecule has 0 saturated heterocycles.